The van der Waals surface area contributed by atoms with Gasteiger partial charge in [-0.05, 0) is 205 Å². The molecule has 5 fully saturated rings. The summed E-state index contributed by atoms with van der Waals surface area (Å²) in [4.78, 5) is 69.6. The number of aliphatic hydroxyl groups is 6. The van der Waals surface area contributed by atoms with E-state index in [2.05, 4.69) is 75.8 Å². The number of rotatable bonds is 18. The molecule has 0 saturated carbocycles. The molecule has 19 heteroatoms. The van der Waals surface area contributed by atoms with Crippen LogP contribution in [0.1, 0.15) is 238 Å². The van der Waals surface area contributed by atoms with Crippen molar-refractivity contribution in [3.63, 3.8) is 0 Å². The molecule has 5 aliphatic heterocycles. The molecular weight excluding hydrogens is 1060 g/mol. The van der Waals surface area contributed by atoms with E-state index in [1.54, 1.807) is 18.7 Å². The summed E-state index contributed by atoms with van der Waals surface area (Å²) >= 11 is 0. The normalized spacial score (nSPS) is 27.5. The molecule has 5 aliphatic rings. The number of hydrogen-bond acceptors (Lipinski definition) is 15. The summed E-state index contributed by atoms with van der Waals surface area (Å²) in [7, 11) is 0. The van der Waals surface area contributed by atoms with Gasteiger partial charge >= 0.3 is 0 Å². The molecule has 5 heterocycles. The van der Waals surface area contributed by atoms with E-state index in [4.69, 9.17) is 4.74 Å². The van der Waals surface area contributed by atoms with Gasteiger partial charge in [0.25, 0.3) is 5.91 Å². The molecular formula is C64H120N8O11. The van der Waals surface area contributed by atoms with Crippen LogP contribution in [0.4, 0.5) is 0 Å². The molecule has 5 saturated heterocycles. The fourth-order valence-corrected chi connectivity index (χ4v) is 18.6. The Kier molecular flexibility index (Phi) is 18.8. The van der Waals surface area contributed by atoms with Crippen molar-refractivity contribution in [2.45, 2.75) is 329 Å². The molecule has 19 nitrogen and oxygen atoms in total. The Balaban J connectivity index is 1.30. The Morgan fingerprint density at radius 2 is 0.711 bits per heavy atom. The number of ether oxygens (including phenoxy) is 1. The fraction of sp³-hybridized carbons (Fsp3) is 0.938. The van der Waals surface area contributed by atoms with Gasteiger partial charge in [-0.3, -0.25) is 29.0 Å². The fourth-order valence-electron chi connectivity index (χ4n) is 18.6. The maximum atomic E-state index is 15.3. The van der Waals surface area contributed by atoms with Gasteiger partial charge in [0.15, 0.2) is 5.60 Å². The van der Waals surface area contributed by atoms with E-state index in [1.807, 2.05) is 90.0 Å². The lowest BCUT2D eigenvalue weighted by Gasteiger charge is -2.60. The van der Waals surface area contributed by atoms with Gasteiger partial charge in [-0.2, -0.15) is 0 Å². The maximum absolute atomic E-state index is 15.3. The summed E-state index contributed by atoms with van der Waals surface area (Å²) < 4.78 is 6.71. The predicted molar refractivity (Wildman–Crippen MR) is 325 cm³/mol. The summed E-state index contributed by atoms with van der Waals surface area (Å²) in [5.74, 6) is -1.14. The van der Waals surface area contributed by atoms with Crippen molar-refractivity contribution in [1.82, 2.24) is 40.0 Å². The van der Waals surface area contributed by atoms with Crippen molar-refractivity contribution in [3.8, 4) is 0 Å². The smallest absolute Gasteiger partial charge is 0.257 e. The van der Waals surface area contributed by atoms with Gasteiger partial charge in [0.1, 0.15) is 22.9 Å². The first-order valence-electron chi connectivity index (χ1n) is 30.9. The van der Waals surface area contributed by atoms with Crippen LogP contribution < -0.4 is 10.6 Å². The lowest BCUT2D eigenvalue weighted by atomic mass is 9.64. The molecule has 4 amide bonds. The van der Waals surface area contributed by atoms with Crippen LogP contribution in [0.5, 0.6) is 0 Å². The van der Waals surface area contributed by atoms with Crippen molar-refractivity contribution in [2.24, 2.45) is 16.2 Å². The van der Waals surface area contributed by atoms with E-state index < -0.39 is 91.1 Å². The Bertz CT molecular complexity index is 2340. The third-order valence-electron chi connectivity index (χ3n) is 19.0. The molecule has 5 rings (SSSR count). The topological polar surface area (TPSA) is 242 Å². The lowest BCUT2D eigenvalue weighted by molar-refractivity contribution is -0.187. The predicted octanol–water partition coefficient (Wildman–Crippen LogP) is 6.28. The molecule has 0 aromatic rings. The third kappa shape index (κ3) is 15.5. The van der Waals surface area contributed by atoms with Gasteiger partial charge in [0, 0.05) is 70.2 Å². The minimum Gasteiger partial charge on any atom is -0.390 e. The van der Waals surface area contributed by atoms with E-state index in [1.165, 1.54) is 42.4 Å². The lowest BCUT2D eigenvalue weighted by Crippen LogP contribution is -2.69. The average molecular weight is 1180 g/mol. The van der Waals surface area contributed by atoms with Crippen molar-refractivity contribution in [3.05, 3.63) is 0 Å². The molecule has 0 aliphatic carbocycles. The van der Waals surface area contributed by atoms with E-state index in [9.17, 15) is 40.2 Å². The zero-order valence-electron chi connectivity index (χ0n) is 57.0. The number of carbonyl (C=O) groups excluding carboxylic acids is 4. The zero-order valence-corrected chi connectivity index (χ0v) is 57.0. The number of piperidine rings is 4. The standard InChI is InChI=1S/C64H120N8O11/c1-49(2)34-61(25,35-50(3,4)65-49)45(76)69(59(21,22)82)30-43(74)32-71-53(9,10)38-62(26,39-54(71,11)12)46(77)67(57(17,18)80)28-42(73)29-68(58(19,20)81)47(78)63(27)40-55(13,14)72(56(15,16)41-63)33-44(75)31-70-48(79)64(83-60(70,23)24)36-51(5,6)66-52(7,8)37-64/h42-44,65-66,73-75,80-82H,28-41H2,1-27H3. The number of hydrogen-bond donors (Lipinski definition) is 8. The SMILES string of the molecule is CC1(C)CC(C)(C(=O)N(CC(O)CN2C(C)(C)CC(C)(C(=O)N(CC(O)CN(C(=O)C3(C)CC(C)(C)N(CC(O)CN4C(=O)C5(CC(C)(C)NC(C)(C)C5)OC4(C)C)C(C)(C)C3)C(C)(C)O)C(C)(C)O)CC2(C)C)C(C)(C)O)CC(C)(C)N1. The van der Waals surface area contributed by atoms with Gasteiger partial charge in [-0.25, -0.2) is 0 Å². The summed E-state index contributed by atoms with van der Waals surface area (Å²) in [5.41, 5.74) is -14.3. The number of nitrogens with one attached hydrogen (secondary N) is 2. The van der Waals surface area contributed by atoms with E-state index in [0.717, 1.165) is 0 Å². The first kappa shape index (κ1) is 71.2. The minimum atomic E-state index is -1.76. The summed E-state index contributed by atoms with van der Waals surface area (Å²) in [6, 6.07) is 0. The highest BCUT2D eigenvalue weighted by molar-refractivity contribution is 5.88. The number of nitrogens with zero attached hydrogens (tertiary/aromatic N) is 6. The molecule has 0 bridgehead atoms. The van der Waals surface area contributed by atoms with Crippen LogP contribution in [0.15, 0.2) is 0 Å². The van der Waals surface area contributed by atoms with E-state index >= 15 is 9.59 Å². The zero-order chi connectivity index (χ0) is 64.5. The summed E-state index contributed by atoms with van der Waals surface area (Å²) in [6.45, 7) is 50.9. The van der Waals surface area contributed by atoms with Crippen LogP contribution >= 0.6 is 0 Å². The van der Waals surface area contributed by atoms with Gasteiger partial charge in [0.2, 0.25) is 17.7 Å². The summed E-state index contributed by atoms with van der Waals surface area (Å²) in [6.07, 6.45) is -0.133. The average Bonchev–Trinajstić information content (AvgIpc) is 3.36. The Morgan fingerprint density at radius 1 is 0.446 bits per heavy atom. The van der Waals surface area contributed by atoms with Gasteiger partial charge in [0.05, 0.1) is 60.7 Å². The van der Waals surface area contributed by atoms with E-state index in [-0.39, 0.29) is 79.1 Å². The highest BCUT2D eigenvalue weighted by Crippen LogP contribution is 2.53. The second kappa shape index (κ2) is 21.9. The summed E-state index contributed by atoms with van der Waals surface area (Å²) in [5, 5.41) is 78.5. The number of carbonyl (C=O) groups is 4. The largest absolute Gasteiger partial charge is 0.390 e. The highest BCUT2D eigenvalue weighted by Gasteiger charge is 2.64. The number of aliphatic hydroxyl groups excluding tert-OH is 3. The second-order valence-electron chi connectivity index (χ2n) is 35.0. The quantitative estimate of drug-likeness (QED) is 0.0705. The maximum Gasteiger partial charge on any atom is 0.257 e. The van der Waals surface area contributed by atoms with Gasteiger partial charge < -0.3 is 65.6 Å². The first-order valence-corrected chi connectivity index (χ1v) is 30.9. The number of likely N-dealkylation sites (tertiary alicyclic amines) is 2. The Morgan fingerprint density at radius 3 is 1.01 bits per heavy atom. The highest BCUT2D eigenvalue weighted by atomic mass is 16.6. The molecule has 8 N–H and O–H groups in total. The van der Waals surface area contributed by atoms with E-state index in [0.29, 0.717) is 51.4 Å². The first-order chi connectivity index (χ1) is 36.5. The molecule has 0 aromatic carbocycles. The molecule has 0 aromatic heterocycles. The third-order valence-corrected chi connectivity index (χ3v) is 19.0. The number of amides is 4. The van der Waals surface area contributed by atoms with Crippen molar-refractivity contribution < 1.29 is 54.6 Å². The molecule has 83 heavy (non-hydrogen) atoms. The molecule has 3 atom stereocenters. The van der Waals surface area contributed by atoms with Crippen LogP contribution in [0, 0.1) is 16.2 Å². The van der Waals surface area contributed by atoms with Gasteiger partial charge in [-0.1, -0.05) is 20.8 Å². The van der Waals surface area contributed by atoms with Crippen molar-refractivity contribution in [1.29, 1.82) is 0 Å². The molecule has 0 radical (unpaired) electrons. The molecule has 482 valence electrons. The monoisotopic (exact) mass is 1180 g/mol. The second-order valence-corrected chi connectivity index (χ2v) is 35.0. The van der Waals surface area contributed by atoms with Crippen molar-refractivity contribution >= 4 is 23.6 Å². The molecule has 3 unspecified atom stereocenters. The number of β-amino-alcohol motifs (C(OH)–C–C–N with tert-alkyl or cyclic N) is 2. The van der Waals surface area contributed by atoms with Crippen LogP contribution in [0.3, 0.4) is 0 Å². The van der Waals surface area contributed by atoms with Crippen LogP contribution in [0.2, 0.25) is 0 Å². The van der Waals surface area contributed by atoms with Crippen LogP contribution in [-0.4, -0.2) is 214 Å². The van der Waals surface area contributed by atoms with Gasteiger partial charge in [-0.15, -0.1) is 0 Å². The van der Waals surface area contributed by atoms with Crippen LogP contribution in [0.25, 0.3) is 0 Å². The Hall–Kier alpha value is -2.56. The Labute approximate surface area is 501 Å². The van der Waals surface area contributed by atoms with Crippen LogP contribution in [-0.2, 0) is 23.9 Å². The minimum absolute atomic E-state index is 0.0522. The van der Waals surface area contributed by atoms with Crippen molar-refractivity contribution in [2.75, 3.05) is 39.3 Å². The molecule has 1 spiro atoms.